The van der Waals surface area contributed by atoms with E-state index in [4.69, 9.17) is 0 Å². The van der Waals surface area contributed by atoms with Crippen LogP contribution in [0.3, 0.4) is 0 Å². The van der Waals surface area contributed by atoms with Crippen molar-refractivity contribution in [1.29, 1.82) is 0 Å². The van der Waals surface area contributed by atoms with E-state index in [0.29, 0.717) is 5.92 Å². The van der Waals surface area contributed by atoms with Gasteiger partial charge in [-0.25, -0.2) is 0 Å². The van der Waals surface area contributed by atoms with E-state index >= 15 is 0 Å². The molecule has 1 atom stereocenters. The molecule has 1 N–H and O–H groups in total. The van der Waals surface area contributed by atoms with E-state index in [2.05, 4.69) is 18.8 Å². The highest BCUT2D eigenvalue weighted by Crippen LogP contribution is 2.27. The summed E-state index contributed by atoms with van der Waals surface area (Å²) >= 11 is 0. The summed E-state index contributed by atoms with van der Waals surface area (Å²) in [7, 11) is 0. The molecule has 1 unspecified atom stereocenters. The van der Waals surface area contributed by atoms with Gasteiger partial charge in [0, 0.05) is 12.3 Å². The molecule has 0 aliphatic rings. The summed E-state index contributed by atoms with van der Waals surface area (Å²) in [4.78, 5) is 13.9. The number of nitrogens with one attached hydrogen (secondary N) is 1. The van der Waals surface area contributed by atoms with Crippen molar-refractivity contribution in [2.75, 3.05) is 0 Å². The minimum Gasteiger partial charge on any atom is -0.329 e. The zero-order chi connectivity index (χ0) is 13.9. The fraction of sp³-hybridized carbons (Fsp3) is 0.706. The van der Waals surface area contributed by atoms with Crippen LogP contribution in [0.1, 0.15) is 83.1 Å². The van der Waals surface area contributed by atoms with Gasteiger partial charge in [-0.3, -0.25) is 4.79 Å². The van der Waals surface area contributed by atoms with Gasteiger partial charge in [0.25, 0.3) is 0 Å². The number of aromatic nitrogens is 1. The normalized spacial score (nSPS) is 12.5. The molecule has 1 rings (SSSR count). The minimum absolute atomic E-state index is 0.000868. The molecule has 0 saturated carbocycles. The summed E-state index contributed by atoms with van der Waals surface area (Å²) in [5, 5.41) is 0. The molecule has 0 aliphatic heterocycles. The predicted octanol–water partition coefficient (Wildman–Crippen LogP) is 5.01. The van der Waals surface area contributed by atoms with Crippen molar-refractivity contribution in [3.8, 4) is 0 Å². The van der Waals surface area contributed by atoms with Crippen LogP contribution in [0, 0.1) is 0 Å². The molecule has 0 spiro atoms. The molecule has 1 heterocycles. The topological polar surface area (TPSA) is 32.9 Å². The summed E-state index contributed by atoms with van der Waals surface area (Å²) in [5.41, 5.74) is 1.31. The first-order chi connectivity index (χ1) is 9.27. The zero-order valence-electron chi connectivity index (χ0n) is 12.6. The quantitative estimate of drug-likeness (QED) is 0.591. The van der Waals surface area contributed by atoms with Crippen molar-refractivity contribution >= 4 is 0 Å². The lowest BCUT2D eigenvalue weighted by molar-refractivity contribution is 0.503. The lowest BCUT2D eigenvalue weighted by Crippen LogP contribution is -2.06. The number of rotatable bonds is 10. The maximum absolute atomic E-state index is 11.1. The molecule has 0 amide bonds. The SMILES string of the molecule is CCCCCCCC(CCCC)c1ccc(=O)[nH]c1. The Morgan fingerprint density at radius 3 is 2.26 bits per heavy atom. The number of unbranched alkanes of at least 4 members (excludes halogenated alkanes) is 5. The molecular formula is C17H29NO. The van der Waals surface area contributed by atoms with Crippen LogP contribution in [0.2, 0.25) is 0 Å². The third-order valence-corrected chi connectivity index (χ3v) is 3.84. The Balaban J connectivity index is 2.46. The molecule has 0 aliphatic carbocycles. The van der Waals surface area contributed by atoms with Crippen LogP contribution in [0.5, 0.6) is 0 Å². The zero-order valence-corrected chi connectivity index (χ0v) is 12.6. The van der Waals surface area contributed by atoms with E-state index in [9.17, 15) is 4.79 Å². The molecule has 2 nitrogen and oxygen atoms in total. The van der Waals surface area contributed by atoms with Gasteiger partial charge in [-0.15, -0.1) is 0 Å². The van der Waals surface area contributed by atoms with Crippen LogP contribution in [0.25, 0.3) is 0 Å². The summed E-state index contributed by atoms with van der Waals surface area (Å²) in [6.07, 6.45) is 13.6. The van der Waals surface area contributed by atoms with Gasteiger partial charge in [0.05, 0.1) is 0 Å². The highest BCUT2D eigenvalue weighted by Gasteiger charge is 2.10. The molecule has 108 valence electrons. The van der Waals surface area contributed by atoms with E-state index in [1.807, 2.05) is 12.3 Å². The Kier molecular flexibility index (Phi) is 8.28. The van der Waals surface area contributed by atoms with Gasteiger partial charge in [-0.1, -0.05) is 64.9 Å². The number of hydrogen-bond acceptors (Lipinski definition) is 1. The highest BCUT2D eigenvalue weighted by molar-refractivity contribution is 5.14. The number of pyridine rings is 1. The Morgan fingerprint density at radius 2 is 1.63 bits per heavy atom. The van der Waals surface area contributed by atoms with Gasteiger partial charge in [-0.05, 0) is 24.3 Å². The van der Waals surface area contributed by atoms with Gasteiger partial charge in [0.1, 0.15) is 0 Å². The molecule has 1 aromatic rings. The number of H-pyrrole nitrogens is 1. The van der Waals surface area contributed by atoms with Gasteiger partial charge in [-0.2, -0.15) is 0 Å². The van der Waals surface area contributed by atoms with Crippen LogP contribution in [0.15, 0.2) is 23.1 Å². The van der Waals surface area contributed by atoms with Gasteiger partial charge >= 0.3 is 0 Å². The Bertz CT molecular complexity index is 363. The second-order valence-electron chi connectivity index (χ2n) is 5.53. The van der Waals surface area contributed by atoms with E-state index in [1.165, 1.54) is 63.4 Å². The Labute approximate surface area is 117 Å². The molecule has 1 aromatic heterocycles. The third-order valence-electron chi connectivity index (χ3n) is 3.84. The lowest BCUT2D eigenvalue weighted by Gasteiger charge is -2.16. The molecule has 0 fully saturated rings. The number of aromatic amines is 1. The van der Waals surface area contributed by atoms with Crippen molar-refractivity contribution in [3.05, 3.63) is 34.2 Å². The minimum atomic E-state index is 0.000868. The average molecular weight is 263 g/mol. The Hall–Kier alpha value is -1.05. The summed E-state index contributed by atoms with van der Waals surface area (Å²) < 4.78 is 0. The maximum Gasteiger partial charge on any atom is 0.247 e. The molecule has 2 heteroatoms. The van der Waals surface area contributed by atoms with Gasteiger partial charge in [0.15, 0.2) is 0 Å². The lowest BCUT2D eigenvalue weighted by atomic mass is 9.89. The van der Waals surface area contributed by atoms with Crippen molar-refractivity contribution in [2.24, 2.45) is 0 Å². The van der Waals surface area contributed by atoms with Crippen LogP contribution >= 0.6 is 0 Å². The first-order valence-electron chi connectivity index (χ1n) is 7.96. The van der Waals surface area contributed by atoms with Crippen LogP contribution < -0.4 is 5.56 Å². The van der Waals surface area contributed by atoms with Crippen LogP contribution in [0.4, 0.5) is 0 Å². The molecule has 19 heavy (non-hydrogen) atoms. The average Bonchev–Trinajstić information content (AvgIpc) is 2.43. The summed E-state index contributed by atoms with van der Waals surface area (Å²) in [6, 6.07) is 3.66. The molecule has 0 bridgehead atoms. The van der Waals surface area contributed by atoms with Gasteiger partial charge < -0.3 is 4.98 Å². The predicted molar refractivity (Wildman–Crippen MR) is 82.7 cm³/mol. The van der Waals surface area contributed by atoms with Crippen molar-refractivity contribution < 1.29 is 0 Å². The second-order valence-corrected chi connectivity index (χ2v) is 5.53. The summed E-state index contributed by atoms with van der Waals surface area (Å²) in [5.74, 6) is 0.624. The second kappa shape index (κ2) is 9.82. The molecule has 0 aromatic carbocycles. The molecular weight excluding hydrogens is 234 g/mol. The van der Waals surface area contributed by atoms with Crippen LogP contribution in [-0.2, 0) is 0 Å². The third kappa shape index (κ3) is 6.60. The van der Waals surface area contributed by atoms with Crippen molar-refractivity contribution in [2.45, 2.75) is 77.6 Å². The molecule has 0 radical (unpaired) electrons. The van der Waals surface area contributed by atoms with E-state index in [1.54, 1.807) is 6.07 Å². The fourth-order valence-electron chi connectivity index (χ4n) is 2.60. The maximum atomic E-state index is 11.1. The number of hydrogen-bond donors (Lipinski definition) is 1. The van der Waals surface area contributed by atoms with Gasteiger partial charge in [0.2, 0.25) is 5.56 Å². The van der Waals surface area contributed by atoms with E-state index < -0.39 is 0 Å². The summed E-state index contributed by atoms with van der Waals surface area (Å²) in [6.45, 7) is 4.50. The largest absolute Gasteiger partial charge is 0.329 e. The fourth-order valence-corrected chi connectivity index (χ4v) is 2.60. The molecule has 0 saturated heterocycles. The highest BCUT2D eigenvalue weighted by atomic mass is 16.1. The first-order valence-corrected chi connectivity index (χ1v) is 7.96. The van der Waals surface area contributed by atoms with E-state index in [-0.39, 0.29) is 5.56 Å². The van der Waals surface area contributed by atoms with Crippen LogP contribution in [-0.4, -0.2) is 4.98 Å². The van der Waals surface area contributed by atoms with Crippen molar-refractivity contribution in [1.82, 2.24) is 4.98 Å². The van der Waals surface area contributed by atoms with Crippen molar-refractivity contribution in [3.63, 3.8) is 0 Å². The smallest absolute Gasteiger partial charge is 0.247 e. The monoisotopic (exact) mass is 263 g/mol. The Morgan fingerprint density at radius 1 is 0.947 bits per heavy atom. The first kappa shape index (κ1) is 16.0. The van der Waals surface area contributed by atoms with E-state index in [0.717, 1.165) is 0 Å². The standard InChI is InChI=1S/C17H29NO/c1-3-5-7-8-9-11-15(10-6-4-2)16-12-13-17(19)18-14-16/h12-15H,3-11H2,1-2H3,(H,18,19).